The zero-order chi connectivity index (χ0) is 13.8. The lowest BCUT2D eigenvalue weighted by Crippen LogP contribution is -2.43. The topological polar surface area (TPSA) is 41.6 Å². The fourth-order valence-corrected chi connectivity index (χ4v) is 2.65. The van der Waals surface area contributed by atoms with Crippen molar-refractivity contribution in [3.63, 3.8) is 0 Å². The van der Waals surface area contributed by atoms with Gasteiger partial charge in [0.2, 0.25) is 0 Å². The Bertz CT molecular complexity index is 457. The Balaban J connectivity index is 2.03. The van der Waals surface area contributed by atoms with E-state index in [1.165, 1.54) is 0 Å². The summed E-state index contributed by atoms with van der Waals surface area (Å²) in [6.45, 7) is 2.06. The molecule has 0 bridgehead atoms. The molecule has 2 rings (SSSR count). The largest absolute Gasteiger partial charge is 0.497 e. The summed E-state index contributed by atoms with van der Waals surface area (Å²) in [5.74, 6) is 0.650. The van der Waals surface area contributed by atoms with Gasteiger partial charge < -0.3 is 15.0 Å². The molecular formula is C14H19BrN2O2. The molecule has 104 valence electrons. The minimum absolute atomic E-state index is 0.0414. The van der Waals surface area contributed by atoms with E-state index in [1.807, 2.05) is 12.1 Å². The lowest BCUT2D eigenvalue weighted by Gasteiger charge is -2.29. The molecular weight excluding hydrogens is 308 g/mol. The van der Waals surface area contributed by atoms with E-state index in [4.69, 9.17) is 4.74 Å². The summed E-state index contributed by atoms with van der Waals surface area (Å²) in [5, 5.41) is 3.10. The Hall–Kier alpha value is -1.07. The predicted molar refractivity (Wildman–Crippen MR) is 78.7 cm³/mol. The summed E-state index contributed by atoms with van der Waals surface area (Å²) in [7, 11) is 3.71. The molecule has 0 spiro atoms. The van der Waals surface area contributed by atoms with E-state index in [2.05, 4.69) is 33.2 Å². The molecule has 0 aliphatic carbocycles. The number of methoxy groups -OCH3 is 1. The number of hydrogen-bond acceptors (Lipinski definition) is 3. The molecule has 1 fully saturated rings. The molecule has 0 aromatic heterocycles. The number of amides is 1. The minimum atomic E-state index is -0.0414. The third-order valence-electron chi connectivity index (χ3n) is 3.47. The Morgan fingerprint density at radius 3 is 2.74 bits per heavy atom. The van der Waals surface area contributed by atoms with E-state index >= 15 is 0 Å². The van der Waals surface area contributed by atoms with Crippen LogP contribution in [0.15, 0.2) is 22.7 Å². The number of carbonyl (C=O) groups is 1. The van der Waals surface area contributed by atoms with Gasteiger partial charge in [-0.25, -0.2) is 0 Å². The summed E-state index contributed by atoms with van der Waals surface area (Å²) < 4.78 is 5.95. The fourth-order valence-electron chi connectivity index (χ4n) is 2.22. The van der Waals surface area contributed by atoms with Crippen LogP contribution in [0, 0.1) is 0 Å². The standard InChI is InChI=1S/C14H19BrN2O2/c1-17-7-5-10(6-8-17)16-14(18)12-9-11(19-2)3-4-13(12)15/h3-4,9-10H,5-8H2,1-2H3,(H,16,18). The van der Waals surface area contributed by atoms with Crippen molar-refractivity contribution < 1.29 is 9.53 Å². The normalized spacial score (nSPS) is 17.2. The van der Waals surface area contributed by atoms with E-state index < -0.39 is 0 Å². The Morgan fingerprint density at radius 2 is 2.11 bits per heavy atom. The van der Waals surface area contributed by atoms with Gasteiger partial charge in [-0.05, 0) is 67.1 Å². The van der Waals surface area contributed by atoms with Gasteiger partial charge in [0.25, 0.3) is 5.91 Å². The second-order valence-electron chi connectivity index (χ2n) is 4.90. The molecule has 5 heteroatoms. The zero-order valence-electron chi connectivity index (χ0n) is 11.3. The maximum absolute atomic E-state index is 12.3. The van der Waals surface area contributed by atoms with Gasteiger partial charge in [0.1, 0.15) is 5.75 Å². The number of carbonyl (C=O) groups excluding carboxylic acids is 1. The predicted octanol–water partition coefficient (Wildman–Crippen LogP) is 2.28. The van der Waals surface area contributed by atoms with E-state index in [1.54, 1.807) is 13.2 Å². The highest BCUT2D eigenvalue weighted by molar-refractivity contribution is 9.10. The first-order chi connectivity index (χ1) is 9.10. The maximum atomic E-state index is 12.3. The molecule has 1 heterocycles. The van der Waals surface area contributed by atoms with Crippen molar-refractivity contribution in [3.05, 3.63) is 28.2 Å². The van der Waals surface area contributed by atoms with Gasteiger partial charge in [0.15, 0.2) is 0 Å². The quantitative estimate of drug-likeness (QED) is 0.926. The first kappa shape index (κ1) is 14.3. The SMILES string of the molecule is COc1ccc(Br)c(C(=O)NC2CCN(C)CC2)c1. The van der Waals surface area contributed by atoms with Crippen LogP contribution in [0.1, 0.15) is 23.2 Å². The smallest absolute Gasteiger partial charge is 0.252 e. The Kier molecular flexibility index (Phi) is 4.82. The van der Waals surface area contributed by atoms with Gasteiger partial charge in [-0.2, -0.15) is 0 Å². The summed E-state index contributed by atoms with van der Waals surface area (Å²) in [6, 6.07) is 5.69. The molecule has 19 heavy (non-hydrogen) atoms. The van der Waals surface area contributed by atoms with Crippen LogP contribution in [-0.2, 0) is 0 Å². The first-order valence-corrected chi connectivity index (χ1v) is 7.22. The Morgan fingerprint density at radius 1 is 1.42 bits per heavy atom. The molecule has 1 aliphatic heterocycles. The van der Waals surface area contributed by atoms with Crippen LogP contribution < -0.4 is 10.1 Å². The third-order valence-corrected chi connectivity index (χ3v) is 4.16. The molecule has 1 amide bonds. The number of rotatable bonds is 3. The lowest BCUT2D eigenvalue weighted by molar-refractivity contribution is 0.0915. The number of hydrogen-bond donors (Lipinski definition) is 1. The molecule has 0 saturated carbocycles. The van der Waals surface area contributed by atoms with Crippen molar-refractivity contribution in [3.8, 4) is 5.75 Å². The summed E-state index contributed by atoms with van der Waals surface area (Å²) in [6.07, 6.45) is 2.01. The number of benzene rings is 1. The highest BCUT2D eigenvalue weighted by atomic mass is 79.9. The maximum Gasteiger partial charge on any atom is 0.252 e. The van der Waals surface area contributed by atoms with Gasteiger partial charge in [-0.1, -0.05) is 0 Å². The molecule has 1 aromatic rings. The van der Waals surface area contributed by atoms with Crippen LogP contribution in [0.4, 0.5) is 0 Å². The molecule has 1 saturated heterocycles. The van der Waals surface area contributed by atoms with Crippen molar-refractivity contribution in [2.75, 3.05) is 27.2 Å². The summed E-state index contributed by atoms with van der Waals surface area (Å²) in [5.41, 5.74) is 0.623. The van der Waals surface area contributed by atoms with Crippen molar-refractivity contribution in [1.82, 2.24) is 10.2 Å². The average Bonchev–Trinajstić information content (AvgIpc) is 2.42. The van der Waals surface area contributed by atoms with Crippen LogP contribution in [0.2, 0.25) is 0 Å². The lowest BCUT2D eigenvalue weighted by atomic mass is 10.0. The van der Waals surface area contributed by atoms with Crippen LogP contribution in [0.25, 0.3) is 0 Å². The van der Waals surface area contributed by atoms with Gasteiger partial charge in [-0.15, -0.1) is 0 Å². The number of halogens is 1. The van der Waals surface area contributed by atoms with Gasteiger partial charge in [0, 0.05) is 10.5 Å². The highest BCUT2D eigenvalue weighted by Crippen LogP contribution is 2.23. The number of ether oxygens (including phenoxy) is 1. The average molecular weight is 327 g/mol. The van der Waals surface area contributed by atoms with Crippen molar-refractivity contribution in [2.24, 2.45) is 0 Å². The van der Waals surface area contributed by atoms with Crippen molar-refractivity contribution in [1.29, 1.82) is 0 Å². The second-order valence-corrected chi connectivity index (χ2v) is 5.75. The number of nitrogens with zero attached hydrogens (tertiary/aromatic N) is 1. The van der Waals surface area contributed by atoms with E-state index in [-0.39, 0.29) is 11.9 Å². The van der Waals surface area contributed by atoms with Crippen LogP contribution >= 0.6 is 15.9 Å². The van der Waals surface area contributed by atoms with Crippen molar-refractivity contribution >= 4 is 21.8 Å². The molecule has 4 nitrogen and oxygen atoms in total. The molecule has 1 aromatic carbocycles. The second kappa shape index (κ2) is 6.39. The van der Waals surface area contributed by atoms with Gasteiger partial charge >= 0.3 is 0 Å². The zero-order valence-corrected chi connectivity index (χ0v) is 12.9. The number of nitrogens with one attached hydrogen (secondary N) is 1. The monoisotopic (exact) mass is 326 g/mol. The van der Waals surface area contributed by atoms with Crippen LogP contribution in [0.3, 0.4) is 0 Å². The number of piperidine rings is 1. The van der Waals surface area contributed by atoms with Crippen molar-refractivity contribution in [2.45, 2.75) is 18.9 Å². The molecule has 0 atom stereocenters. The molecule has 1 N–H and O–H groups in total. The summed E-state index contributed by atoms with van der Waals surface area (Å²) >= 11 is 3.41. The molecule has 0 unspecified atom stereocenters. The molecule has 0 radical (unpaired) electrons. The van der Waals surface area contributed by atoms with E-state index in [0.717, 1.165) is 30.4 Å². The van der Waals surface area contributed by atoms with Crippen LogP contribution in [0.5, 0.6) is 5.75 Å². The first-order valence-electron chi connectivity index (χ1n) is 6.43. The van der Waals surface area contributed by atoms with E-state index in [9.17, 15) is 4.79 Å². The number of likely N-dealkylation sites (tertiary alicyclic amines) is 1. The minimum Gasteiger partial charge on any atom is -0.497 e. The van der Waals surface area contributed by atoms with Gasteiger partial charge in [0.05, 0.1) is 12.7 Å². The highest BCUT2D eigenvalue weighted by Gasteiger charge is 2.20. The van der Waals surface area contributed by atoms with E-state index in [0.29, 0.717) is 11.3 Å². The third kappa shape index (κ3) is 3.70. The van der Waals surface area contributed by atoms with Crippen LogP contribution in [-0.4, -0.2) is 44.1 Å². The summed E-state index contributed by atoms with van der Waals surface area (Å²) in [4.78, 5) is 14.6. The fraction of sp³-hybridized carbons (Fsp3) is 0.500. The van der Waals surface area contributed by atoms with Gasteiger partial charge in [-0.3, -0.25) is 4.79 Å². The Labute approximate surface area is 122 Å². The molecule has 1 aliphatic rings.